The van der Waals surface area contributed by atoms with Crippen molar-refractivity contribution in [3.8, 4) is 0 Å². The molecule has 0 radical (unpaired) electrons. The van der Waals surface area contributed by atoms with Crippen molar-refractivity contribution in [2.45, 2.75) is 32.8 Å². The summed E-state index contributed by atoms with van der Waals surface area (Å²) < 4.78 is 28.2. The van der Waals surface area contributed by atoms with Crippen LogP contribution in [0.4, 0.5) is 0 Å². The topological polar surface area (TPSA) is 69.6 Å². The minimum atomic E-state index is -3.53. The molecular weight excluding hydrogens is 276 g/mol. The first-order valence-corrected chi connectivity index (χ1v) is 8.43. The number of aliphatic hydroxyl groups is 1. The molecule has 0 saturated heterocycles. The quantitative estimate of drug-likeness (QED) is 0.729. The van der Waals surface area contributed by atoms with Gasteiger partial charge in [-0.05, 0) is 18.4 Å². The standard InChI is InChI=1S/C14H24N2O3S/c1-3-10-16(11-4-2)20(18,19)15-12-14(17)13-8-6-5-7-9-13/h5-9,14-15,17H,3-4,10-12H2,1-2H3. The molecule has 0 aromatic heterocycles. The van der Waals surface area contributed by atoms with E-state index in [-0.39, 0.29) is 6.54 Å². The van der Waals surface area contributed by atoms with Crippen LogP contribution in [0.2, 0.25) is 0 Å². The molecule has 2 N–H and O–H groups in total. The third-order valence-corrected chi connectivity index (χ3v) is 4.51. The minimum absolute atomic E-state index is 0.0176. The van der Waals surface area contributed by atoms with Crippen LogP contribution in [-0.4, -0.2) is 37.5 Å². The van der Waals surface area contributed by atoms with Gasteiger partial charge in [-0.1, -0.05) is 44.2 Å². The number of hydrogen-bond acceptors (Lipinski definition) is 3. The van der Waals surface area contributed by atoms with Crippen LogP contribution in [0.25, 0.3) is 0 Å². The van der Waals surface area contributed by atoms with Gasteiger partial charge in [-0.15, -0.1) is 0 Å². The van der Waals surface area contributed by atoms with Gasteiger partial charge in [0, 0.05) is 19.6 Å². The minimum Gasteiger partial charge on any atom is -0.387 e. The van der Waals surface area contributed by atoms with Gasteiger partial charge in [0.2, 0.25) is 0 Å². The summed E-state index contributed by atoms with van der Waals surface area (Å²) in [5, 5.41) is 9.98. The van der Waals surface area contributed by atoms with E-state index in [4.69, 9.17) is 0 Å². The van der Waals surface area contributed by atoms with Gasteiger partial charge in [0.05, 0.1) is 6.10 Å². The van der Waals surface area contributed by atoms with Crippen LogP contribution in [0.3, 0.4) is 0 Å². The molecule has 0 heterocycles. The zero-order valence-corrected chi connectivity index (χ0v) is 12.9. The van der Waals surface area contributed by atoms with Gasteiger partial charge in [-0.2, -0.15) is 17.4 Å². The Hall–Kier alpha value is -0.950. The van der Waals surface area contributed by atoms with Crippen LogP contribution in [0.1, 0.15) is 38.4 Å². The largest absolute Gasteiger partial charge is 0.387 e. The second-order valence-corrected chi connectivity index (χ2v) is 6.43. The Morgan fingerprint density at radius 1 is 1.15 bits per heavy atom. The van der Waals surface area contributed by atoms with Gasteiger partial charge in [-0.3, -0.25) is 0 Å². The molecule has 0 aliphatic carbocycles. The van der Waals surface area contributed by atoms with Crippen molar-refractivity contribution >= 4 is 10.2 Å². The van der Waals surface area contributed by atoms with Crippen LogP contribution in [0.15, 0.2) is 30.3 Å². The van der Waals surface area contributed by atoms with Gasteiger partial charge in [0.15, 0.2) is 0 Å². The van der Waals surface area contributed by atoms with Crippen LogP contribution < -0.4 is 4.72 Å². The highest BCUT2D eigenvalue weighted by Crippen LogP contribution is 2.11. The van der Waals surface area contributed by atoms with Crippen molar-refractivity contribution in [2.75, 3.05) is 19.6 Å². The first kappa shape index (κ1) is 17.1. The zero-order chi connectivity index (χ0) is 15.0. The lowest BCUT2D eigenvalue weighted by molar-refractivity contribution is 0.181. The highest BCUT2D eigenvalue weighted by atomic mass is 32.2. The van der Waals surface area contributed by atoms with Gasteiger partial charge in [0.25, 0.3) is 10.2 Å². The Balaban J connectivity index is 2.62. The number of hydrogen-bond donors (Lipinski definition) is 2. The maximum absolute atomic E-state index is 12.2. The fourth-order valence-electron chi connectivity index (χ4n) is 1.92. The third kappa shape index (κ3) is 5.20. The van der Waals surface area contributed by atoms with Gasteiger partial charge >= 0.3 is 0 Å². The number of nitrogens with one attached hydrogen (secondary N) is 1. The fraction of sp³-hybridized carbons (Fsp3) is 0.571. The number of benzene rings is 1. The lowest BCUT2D eigenvalue weighted by atomic mass is 10.1. The fourth-order valence-corrected chi connectivity index (χ4v) is 3.32. The van der Waals surface area contributed by atoms with Gasteiger partial charge in [-0.25, -0.2) is 0 Å². The predicted octanol–water partition coefficient (Wildman–Crippen LogP) is 1.68. The van der Waals surface area contributed by atoms with Crippen molar-refractivity contribution in [1.29, 1.82) is 0 Å². The first-order valence-electron chi connectivity index (χ1n) is 6.99. The van der Waals surface area contributed by atoms with Crippen LogP contribution in [0, 0.1) is 0 Å². The zero-order valence-electron chi connectivity index (χ0n) is 12.1. The first-order chi connectivity index (χ1) is 9.51. The van der Waals surface area contributed by atoms with E-state index in [0.717, 1.165) is 12.8 Å². The molecule has 0 bridgehead atoms. The summed E-state index contributed by atoms with van der Waals surface area (Å²) in [5.41, 5.74) is 0.702. The summed E-state index contributed by atoms with van der Waals surface area (Å²) in [6, 6.07) is 9.02. The van der Waals surface area contributed by atoms with Gasteiger partial charge in [0.1, 0.15) is 0 Å². The molecule has 1 aromatic rings. The third-order valence-electron chi connectivity index (χ3n) is 2.93. The SMILES string of the molecule is CCCN(CCC)S(=O)(=O)NCC(O)c1ccccc1. The maximum Gasteiger partial charge on any atom is 0.279 e. The second kappa shape index (κ2) is 8.36. The molecule has 0 fully saturated rings. The summed E-state index contributed by atoms with van der Waals surface area (Å²) in [6.07, 6.45) is 0.695. The molecule has 114 valence electrons. The number of nitrogens with zero attached hydrogens (tertiary/aromatic N) is 1. The lowest BCUT2D eigenvalue weighted by Gasteiger charge is -2.22. The molecule has 0 saturated carbocycles. The van der Waals surface area contributed by atoms with E-state index in [9.17, 15) is 13.5 Å². The summed E-state index contributed by atoms with van der Waals surface area (Å²) in [5.74, 6) is 0. The van der Waals surface area contributed by atoms with Crippen molar-refractivity contribution in [3.05, 3.63) is 35.9 Å². The molecule has 1 aromatic carbocycles. The predicted molar refractivity (Wildman–Crippen MR) is 80.5 cm³/mol. The van der Waals surface area contributed by atoms with Crippen molar-refractivity contribution in [1.82, 2.24) is 9.03 Å². The Morgan fingerprint density at radius 3 is 2.20 bits per heavy atom. The molecule has 6 heteroatoms. The molecule has 0 aliphatic heterocycles. The normalized spacial score (nSPS) is 13.6. The highest BCUT2D eigenvalue weighted by molar-refractivity contribution is 7.87. The summed E-state index contributed by atoms with van der Waals surface area (Å²) in [4.78, 5) is 0. The van der Waals surface area contributed by atoms with Crippen molar-refractivity contribution < 1.29 is 13.5 Å². The van der Waals surface area contributed by atoms with Gasteiger partial charge < -0.3 is 5.11 Å². The molecule has 1 rings (SSSR count). The molecule has 1 atom stereocenters. The summed E-state index contributed by atoms with van der Waals surface area (Å²) >= 11 is 0. The van der Waals surface area contributed by atoms with Crippen LogP contribution in [0.5, 0.6) is 0 Å². The molecule has 0 aliphatic rings. The molecule has 1 unspecified atom stereocenters. The van der Waals surface area contributed by atoms with Crippen LogP contribution >= 0.6 is 0 Å². The van der Waals surface area contributed by atoms with E-state index in [1.165, 1.54) is 4.31 Å². The Bertz CT molecular complexity index is 470. The van der Waals surface area contributed by atoms with E-state index in [1.54, 1.807) is 12.1 Å². The average Bonchev–Trinajstić information content (AvgIpc) is 2.45. The number of rotatable bonds is 9. The van der Waals surface area contributed by atoms with E-state index >= 15 is 0 Å². The molecule has 5 nitrogen and oxygen atoms in total. The molecular formula is C14H24N2O3S. The summed E-state index contributed by atoms with van der Waals surface area (Å²) in [7, 11) is -3.53. The van der Waals surface area contributed by atoms with E-state index < -0.39 is 16.3 Å². The van der Waals surface area contributed by atoms with E-state index in [1.807, 2.05) is 32.0 Å². The smallest absolute Gasteiger partial charge is 0.279 e. The van der Waals surface area contributed by atoms with Crippen molar-refractivity contribution in [2.24, 2.45) is 0 Å². The second-order valence-electron chi connectivity index (χ2n) is 4.68. The molecule has 20 heavy (non-hydrogen) atoms. The molecule has 0 amide bonds. The average molecular weight is 300 g/mol. The summed E-state index contributed by atoms with van der Waals surface area (Å²) in [6.45, 7) is 4.85. The Labute approximate surface area is 121 Å². The maximum atomic E-state index is 12.2. The monoisotopic (exact) mass is 300 g/mol. The highest BCUT2D eigenvalue weighted by Gasteiger charge is 2.21. The number of aliphatic hydroxyl groups excluding tert-OH is 1. The van der Waals surface area contributed by atoms with E-state index in [0.29, 0.717) is 18.7 Å². The lowest BCUT2D eigenvalue weighted by Crippen LogP contribution is -2.43. The van der Waals surface area contributed by atoms with Crippen molar-refractivity contribution in [3.63, 3.8) is 0 Å². The van der Waals surface area contributed by atoms with E-state index in [2.05, 4.69) is 4.72 Å². The Morgan fingerprint density at radius 2 is 1.70 bits per heavy atom. The van der Waals surface area contributed by atoms with Crippen LogP contribution in [-0.2, 0) is 10.2 Å². The molecule has 0 spiro atoms. The Kier molecular flexibility index (Phi) is 7.15.